The van der Waals surface area contributed by atoms with E-state index in [4.69, 9.17) is 28.3 Å². The molecule has 9 heteroatoms. The van der Waals surface area contributed by atoms with Crippen molar-refractivity contribution in [1.29, 1.82) is 0 Å². The van der Waals surface area contributed by atoms with Crippen molar-refractivity contribution >= 4 is 45.9 Å². The van der Waals surface area contributed by atoms with E-state index in [1.165, 1.54) is 12.8 Å². The van der Waals surface area contributed by atoms with Crippen molar-refractivity contribution in [2.24, 2.45) is 5.92 Å². The van der Waals surface area contributed by atoms with Crippen LogP contribution in [0.25, 0.3) is 11.0 Å². The van der Waals surface area contributed by atoms with Crippen LogP contribution in [0.3, 0.4) is 0 Å². The average molecular weight is 329 g/mol. The summed E-state index contributed by atoms with van der Waals surface area (Å²) >= 11 is 11.9. The summed E-state index contributed by atoms with van der Waals surface area (Å²) in [4.78, 5) is 16.6. The smallest absolute Gasteiger partial charge is 0.225 e. The van der Waals surface area contributed by atoms with Gasteiger partial charge in [-0.05, 0) is 42.0 Å². The summed E-state index contributed by atoms with van der Waals surface area (Å²) in [6, 6.07) is 0. The normalized spacial score (nSPS) is 14.4. The van der Waals surface area contributed by atoms with Gasteiger partial charge in [-0.1, -0.05) is 0 Å². The van der Waals surface area contributed by atoms with Crippen LogP contribution in [-0.4, -0.2) is 44.7 Å². The number of aliphatic hydroxyl groups is 1. The molecule has 7 nitrogen and oxygen atoms in total. The summed E-state index contributed by atoms with van der Waals surface area (Å²) in [6.07, 6.45) is 2.45. The largest absolute Gasteiger partial charge is 0.395 e. The lowest BCUT2D eigenvalue weighted by atomic mass is 10.3. The van der Waals surface area contributed by atoms with Gasteiger partial charge in [0.15, 0.2) is 11.6 Å². The van der Waals surface area contributed by atoms with Crippen LogP contribution in [0, 0.1) is 5.92 Å². The Balaban J connectivity index is 2.02. The fourth-order valence-corrected chi connectivity index (χ4v) is 2.28. The van der Waals surface area contributed by atoms with E-state index >= 15 is 0 Å². The first-order valence-corrected chi connectivity index (χ1v) is 7.42. The van der Waals surface area contributed by atoms with Crippen LogP contribution in [0.5, 0.6) is 0 Å². The molecule has 0 bridgehead atoms. The van der Waals surface area contributed by atoms with Crippen LogP contribution >= 0.6 is 23.2 Å². The Morgan fingerprint density at radius 1 is 0.952 bits per heavy atom. The van der Waals surface area contributed by atoms with Crippen molar-refractivity contribution in [3.63, 3.8) is 0 Å². The zero-order valence-electron chi connectivity index (χ0n) is 11.1. The van der Waals surface area contributed by atoms with Crippen molar-refractivity contribution in [3.8, 4) is 0 Å². The molecule has 0 saturated heterocycles. The number of rotatable bonds is 6. The topological polar surface area (TPSA) is 95.8 Å². The highest BCUT2D eigenvalue weighted by atomic mass is 35.5. The van der Waals surface area contributed by atoms with Crippen LogP contribution in [0.2, 0.25) is 10.6 Å². The molecular weight excluding hydrogens is 315 g/mol. The third-order valence-corrected chi connectivity index (χ3v) is 3.49. The molecule has 3 rings (SSSR count). The Hall–Kier alpha value is -1.44. The molecule has 3 N–H and O–H groups in total. The standard InChI is InChI=1S/C12H14Cl2N6O/c13-11-18-8-7(9(19-11)15-3-4-21)17-12(14)20-10(8)16-5-6-1-2-6/h6,21H,1-5H2,(H,15,18,19)(H,16,17,20). The van der Waals surface area contributed by atoms with Gasteiger partial charge in [0, 0.05) is 13.1 Å². The molecule has 0 amide bonds. The minimum Gasteiger partial charge on any atom is -0.395 e. The van der Waals surface area contributed by atoms with Crippen LogP contribution < -0.4 is 10.6 Å². The van der Waals surface area contributed by atoms with Crippen molar-refractivity contribution in [3.05, 3.63) is 10.6 Å². The third-order valence-electron chi connectivity index (χ3n) is 3.15. The van der Waals surface area contributed by atoms with Gasteiger partial charge in [0.05, 0.1) is 6.61 Å². The number of aromatic nitrogens is 4. The Labute approximate surface area is 131 Å². The van der Waals surface area contributed by atoms with E-state index < -0.39 is 0 Å². The highest BCUT2D eigenvalue weighted by Gasteiger charge is 2.22. The van der Waals surface area contributed by atoms with Crippen molar-refractivity contribution in [2.45, 2.75) is 12.8 Å². The Bertz CT molecular complexity index is 664. The van der Waals surface area contributed by atoms with Gasteiger partial charge in [0.1, 0.15) is 11.0 Å². The van der Waals surface area contributed by atoms with E-state index in [1.54, 1.807) is 0 Å². The van der Waals surface area contributed by atoms with Gasteiger partial charge >= 0.3 is 0 Å². The Morgan fingerprint density at radius 3 is 2.05 bits per heavy atom. The number of nitrogens with zero attached hydrogens (tertiary/aromatic N) is 4. The summed E-state index contributed by atoms with van der Waals surface area (Å²) < 4.78 is 0. The monoisotopic (exact) mass is 328 g/mol. The summed E-state index contributed by atoms with van der Waals surface area (Å²) in [6.45, 7) is 1.12. The zero-order valence-corrected chi connectivity index (χ0v) is 12.6. The quantitative estimate of drug-likeness (QED) is 0.697. The molecule has 0 spiro atoms. The molecule has 0 atom stereocenters. The maximum atomic E-state index is 8.92. The van der Waals surface area contributed by atoms with Gasteiger partial charge in [0.25, 0.3) is 0 Å². The molecule has 0 aliphatic heterocycles. The SMILES string of the molecule is OCCNc1nc(Cl)nc2c(NCC3CC3)nc(Cl)nc12. The van der Waals surface area contributed by atoms with E-state index in [-0.39, 0.29) is 17.2 Å². The predicted molar refractivity (Wildman–Crippen MR) is 81.9 cm³/mol. The highest BCUT2D eigenvalue weighted by molar-refractivity contribution is 6.30. The molecule has 0 radical (unpaired) electrons. The van der Waals surface area contributed by atoms with Gasteiger partial charge in [0.2, 0.25) is 10.6 Å². The molecular formula is C12H14Cl2N6O. The fraction of sp³-hybridized carbons (Fsp3) is 0.500. The van der Waals surface area contributed by atoms with Gasteiger partial charge in [-0.25, -0.2) is 9.97 Å². The molecule has 1 saturated carbocycles. The second-order valence-corrected chi connectivity index (χ2v) is 5.53. The lowest BCUT2D eigenvalue weighted by Gasteiger charge is -2.11. The molecule has 112 valence electrons. The molecule has 0 unspecified atom stereocenters. The first-order chi connectivity index (χ1) is 10.2. The fourth-order valence-electron chi connectivity index (χ4n) is 1.94. The average Bonchev–Trinajstić information content (AvgIpc) is 3.27. The lowest BCUT2D eigenvalue weighted by molar-refractivity contribution is 0.311. The third kappa shape index (κ3) is 3.42. The maximum Gasteiger partial charge on any atom is 0.225 e. The minimum absolute atomic E-state index is 0.0330. The number of nitrogens with one attached hydrogen (secondary N) is 2. The van der Waals surface area contributed by atoms with Crippen molar-refractivity contribution in [2.75, 3.05) is 30.3 Å². The number of halogens is 2. The van der Waals surface area contributed by atoms with Gasteiger partial charge < -0.3 is 15.7 Å². The Kier molecular flexibility index (Phi) is 4.23. The van der Waals surface area contributed by atoms with Crippen molar-refractivity contribution < 1.29 is 5.11 Å². The lowest BCUT2D eigenvalue weighted by Crippen LogP contribution is -2.11. The zero-order chi connectivity index (χ0) is 14.8. The summed E-state index contributed by atoms with van der Waals surface area (Å²) in [5.74, 6) is 1.66. The molecule has 2 aromatic heterocycles. The first-order valence-electron chi connectivity index (χ1n) is 6.66. The number of hydrogen-bond acceptors (Lipinski definition) is 7. The molecule has 21 heavy (non-hydrogen) atoms. The van der Waals surface area contributed by atoms with E-state index in [1.807, 2.05) is 0 Å². The van der Waals surface area contributed by atoms with E-state index in [0.29, 0.717) is 35.1 Å². The summed E-state index contributed by atoms with van der Waals surface area (Å²) in [5, 5.41) is 15.3. The second kappa shape index (κ2) is 6.13. The first kappa shape index (κ1) is 14.5. The second-order valence-electron chi connectivity index (χ2n) is 4.85. The molecule has 0 aromatic carbocycles. The van der Waals surface area contributed by atoms with E-state index in [0.717, 1.165) is 6.54 Å². The summed E-state index contributed by atoms with van der Waals surface area (Å²) in [7, 11) is 0. The van der Waals surface area contributed by atoms with Gasteiger partial charge in [-0.15, -0.1) is 0 Å². The summed E-state index contributed by atoms with van der Waals surface area (Å²) in [5.41, 5.74) is 0.992. The Morgan fingerprint density at radius 2 is 1.52 bits per heavy atom. The van der Waals surface area contributed by atoms with Crippen LogP contribution in [0.1, 0.15) is 12.8 Å². The molecule has 2 heterocycles. The maximum absolute atomic E-state index is 8.92. The van der Waals surface area contributed by atoms with Crippen molar-refractivity contribution in [1.82, 2.24) is 19.9 Å². The molecule has 1 aliphatic rings. The number of fused-ring (bicyclic) bond motifs is 1. The minimum atomic E-state index is -0.0330. The van der Waals surface area contributed by atoms with Crippen LogP contribution in [-0.2, 0) is 0 Å². The number of aliphatic hydroxyl groups excluding tert-OH is 1. The van der Waals surface area contributed by atoms with Crippen LogP contribution in [0.15, 0.2) is 0 Å². The highest BCUT2D eigenvalue weighted by Crippen LogP contribution is 2.31. The number of anilines is 2. The predicted octanol–water partition coefficient (Wildman–Crippen LogP) is 1.95. The molecule has 1 aliphatic carbocycles. The van der Waals surface area contributed by atoms with Gasteiger partial charge in [-0.2, -0.15) is 9.97 Å². The number of hydrogen-bond donors (Lipinski definition) is 3. The molecule has 1 fully saturated rings. The van der Waals surface area contributed by atoms with E-state index in [2.05, 4.69) is 30.6 Å². The van der Waals surface area contributed by atoms with Crippen LogP contribution in [0.4, 0.5) is 11.6 Å². The molecule has 2 aromatic rings. The van der Waals surface area contributed by atoms with E-state index in [9.17, 15) is 0 Å². The van der Waals surface area contributed by atoms with Gasteiger partial charge in [-0.3, -0.25) is 0 Å².